The molecule has 0 aliphatic rings. The summed E-state index contributed by atoms with van der Waals surface area (Å²) in [6, 6.07) is 5.36. The minimum absolute atomic E-state index is 0.0336. The van der Waals surface area contributed by atoms with Crippen LogP contribution in [0.4, 0.5) is 0 Å². The first-order chi connectivity index (χ1) is 7.16. The van der Waals surface area contributed by atoms with Crippen LogP contribution in [0.3, 0.4) is 0 Å². The van der Waals surface area contributed by atoms with Crippen LogP contribution in [-0.4, -0.2) is 20.3 Å². The van der Waals surface area contributed by atoms with Crippen molar-refractivity contribution < 1.29 is 4.79 Å². The number of hydrogen-bond donors (Lipinski definition) is 0. The summed E-state index contributed by atoms with van der Waals surface area (Å²) in [4.78, 5) is 19.5. The molecule has 76 valence electrons. The van der Waals surface area contributed by atoms with Crippen LogP contribution in [0.1, 0.15) is 23.1 Å². The highest BCUT2D eigenvalue weighted by atomic mass is 16.1. The summed E-state index contributed by atoms with van der Waals surface area (Å²) in [6.45, 7) is 3.41. The number of carbonyl (C=O) groups is 1. The molecule has 0 spiro atoms. The van der Waals surface area contributed by atoms with Crippen LogP contribution >= 0.6 is 0 Å². The average molecular weight is 201 g/mol. The minimum Gasteiger partial charge on any atom is -0.293 e. The fourth-order valence-electron chi connectivity index (χ4n) is 1.31. The van der Waals surface area contributed by atoms with E-state index in [1.165, 1.54) is 6.92 Å². The van der Waals surface area contributed by atoms with Crippen molar-refractivity contribution in [1.82, 2.24) is 14.5 Å². The van der Waals surface area contributed by atoms with E-state index in [2.05, 4.69) is 9.97 Å². The third-order valence-corrected chi connectivity index (χ3v) is 2.07. The van der Waals surface area contributed by atoms with Crippen LogP contribution in [-0.2, 0) is 0 Å². The summed E-state index contributed by atoms with van der Waals surface area (Å²) in [7, 11) is 0. The van der Waals surface area contributed by atoms with Crippen LogP contribution in [0, 0.1) is 6.92 Å². The van der Waals surface area contributed by atoms with Gasteiger partial charge in [-0.3, -0.25) is 9.36 Å². The van der Waals surface area contributed by atoms with Gasteiger partial charge >= 0.3 is 0 Å². The number of rotatable bonds is 2. The number of pyridine rings is 1. The molecule has 0 atom stereocenters. The lowest BCUT2D eigenvalue weighted by Crippen LogP contribution is -2.01. The first kappa shape index (κ1) is 9.58. The molecule has 2 aromatic rings. The van der Waals surface area contributed by atoms with Crippen LogP contribution in [0.5, 0.6) is 0 Å². The highest BCUT2D eigenvalue weighted by molar-refractivity contribution is 5.92. The maximum absolute atomic E-state index is 11.1. The van der Waals surface area contributed by atoms with Gasteiger partial charge in [0.25, 0.3) is 0 Å². The second-order valence-corrected chi connectivity index (χ2v) is 3.36. The molecule has 0 fully saturated rings. The molecule has 2 heterocycles. The smallest absolute Gasteiger partial charge is 0.178 e. The van der Waals surface area contributed by atoms with Crippen LogP contribution in [0.15, 0.2) is 30.7 Å². The lowest BCUT2D eigenvalue weighted by atomic mass is 10.3. The van der Waals surface area contributed by atoms with E-state index in [-0.39, 0.29) is 5.78 Å². The molecule has 0 amide bonds. The number of carbonyl (C=O) groups excluding carboxylic acids is 1. The summed E-state index contributed by atoms with van der Waals surface area (Å²) < 4.78 is 1.79. The number of ketones is 1. The molecule has 0 bridgehead atoms. The number of imidazole rings is 1. The van der Waals surface area contributed by atoms with Gasteiger partial charge in [-0.05, 0) is 19.1 Å². The zero-order chi connectivity index (χ0) is 10.8. The fraction of sp³-hybridized carbons (Fsp3) is 0.182. The van der Waals surface area contributed by atoms with Crippen molar-refractivity contribution >= 4 is 5.78 Å². The maximum atomic E-state index is 11.1. The number of Topliss-reactive ketones (excluding diaryl/α,β-unsaturated/α-hetero) is 1. The Labute approximate surface area is 87.6 Å². The molecule has 2 rings (SSSR count). The first-order valence-electron chi connectivity index (χ1n) is 4.66. The molecule has 0 saturated carbocycles. The van der Waals surface area contributed by atoms with Crippen molar-refractivity contribution in [3.05, 3.63) is 42.1 Å². The Hall–Kier alpha value is -1.97. The van der Waals surface area contributed by atoms with Gasteiger partial charge < -0.3 is 0 Å². The highest BCUT2D eigenvalue weighted by Crippen LogP contribution is 2.07. The van der Waals surface area contributed by atoms with Crippen molar-refractivity contribution in [3.63, 3.8) is 0 Å². The Balaban J connectivity index is 2.45. The summed E-state index contributed by atoms with van der Waals surface area (Å²) in [5.41, 5.74) is 1.39. The van der Waals surface area contributed by atoms with Crippen LogP contribution in [0.25, 0.3) is 5.82 Å². The third kappa shape index (κ3) is 1.93. The van der Waals surface area contributed by atoms with Crippen molar-refractivity contribution in [2.45, 2.75) is 13.8 Å². The van der Waals surface area contributed by atoms with E-state index >= 15 is 0 Å². The molecule has 4 nitrogen and oxygen atoms in total. The Morgan fingerprint density at radius 3 is 2.80 bits per heavy atom. The molecule has 0 aliphatic carbocycles. The standard InChI is InChI=1S/C11H11N3O/c1-8-6-14(7-12-8)11-5-3-4-10(13-11)9(2)15/h3-7H,1-2H3. The van der Waals surface area contributed by atoms with Crippen molar-refractivity contribution in [2.24, 2.45) is 0 Å². The van der Waals surface area contributed by atoms with Gasteiger partial charge in [0.2, 0.25) is 0 Å². The average Bonchev–Trinajstić information content (AvgIpc) is 2.65. The summed E-state index contributed by atoms with van der Waals surface area (Å²) >= 11 is 0. The summed E-state index contributed by atoms with van der Waals surface area (Å²) in [6.07, 6.45) is 3.55. The number of hydrogen-bond acceptors (Lipinski definition) is 3. The molecule has 0 aromatic carbocycles. The third-order valence-electron chi connectivity index (χ3n) is 2.07. The SMILES string of the molecule is CC(=O)c1cccc(-n2cnc(C)c2)n1. The minimum atomic E-state index is -0.0336. The van der Waals surface area contributed by atoms with Gasteiger partial charge in [0.1, 0.15) is 17.8 Å². The number of aryl methyl sites for hydroxylation is 1. The normalized spacial score (nSPS) is 10.3. The van der Waals surface area contributed by atoms with Gasteiger partial charge in [-0.25, -0.2) is 9.97 Å². The zero-order valence-corrected chi connectivity index (χ0v) is 8.64. The highest BCUT2D eigenvalue weighted by Gasteiger charge is 2.03. The fourth-order valence-corrected chi connectivity index (χ4v) is 1.31. The van der Waals surface area contributed by atoms with E-state index in [0.29, 0.717) is 11.5 Å². The van der Waals surface area contributed by atoms with E-state index in [1.807, 2.05) is 25.3 Å². The second-order valence-electron chi connectivity index (χ2n) is 3.36. The van der Waals surface area contributed by atoms with Gasteiger partial charge in [-0.15, -0.1) is 0 Å². The first-order valence-corrected chi connectivity index (χ1v) is 4.66. The van der Waals surface area contributed by atoms with E-state index in [1.54, 1.807) is 17.0 Å². The Kier molecular flexibility index (Phi) is 2.33. The largest absolute Gasteiger partial charge is 0.293 e. The predicted octanol–water partition coefficient (Wildman–Crippen LogP) is 1.78. The van der Waals surface area contributed by atoms with Crippen molar-refractivity contribution in [3.8, 4) is 5.82 Å². The predicted molar refractivity (Wildman–Crippen MR) is 56.1 cm³/mol. The van der Waals surface area contributed by atoms with E-state index in [4.69, 9.17) is 0 Å². The molecule has 4 heteroatoms. The van der Waals surface area contributed by atoms with E-state index in [9.17, 15) is 4.79 Å². The summed E-state index contributed by atoms with van der Waals surface area (Å²) in [5, 5.41) is 0. The topological polar surface area (TPSA) is 47.8 Å². The van der Waals surface area contributed by atoms with Gasteiger partial charge in [0.05, 0.1) is 5.69 Å². The molecule has 0 aliphatic heterocycles. The van der Waals surface area contributed by atoms with Gasteiger partial charge in [-0.1, -0.05) is 6.07 Å². The Morgan fingerprint density at radius 2 is 2.20 bits per heavy atom. The molecule has 0 saturated heterocycles. The van der Waals surface area contributed by atoms with Gasteiger partial charge in [0.15, 0.2) is 5.78 Å². The summed E-state index contributed by atoms with van der Waals surface area (Å²) in [5.74, 6) is 0.678. The molecule has 2 aromatic heterocycles. The van der Waals surface area contributed by atoms with E-state index < -0.39 is 0 Å². The number of aromatic nitrogens is 3. The van der Waals surface area contributed by atoms with Crippen LogP contribution in [0.2, 0.25) is 0 Å². The second kappa shape index (κ2) is 3.65. The lowest BCUT2D eigenvalue weighted by Gasteiger charge is -2.01. The monoisotopic (exact) mass is 201 g/mol. The molecule has 0 unspecified atom stereocenters. The van der Waals surface area contributed by atoms with Crippen LogP contribution < -0.4 is 0 Å². The molecule has 0 radical (unpaired) electrons. The molecular formula is C11H11N3O. The van der Waals surface area contributed by atoms with Crippen molar-refractivity contribution in [2.75, 3.05) is 0 Å². The molecule has 15 heavy (non-hydrogen) atoms. The number of nitrogens with zero attached hydrogens (tertiary/aromatic N) is 3. The molecular weight excluding hydrogens is 190 g/mol. The van der Waals surface area contributed by atoms with E-state index in [0.717, 1.165) is 5.69 Å². The van der Waals surface area contributed by atoms with Gasteiger partial charge in [-0.2, -0.15) is 0 Å². The van der Waals surface area contributed by atoms with Crippen molar-refractivity contribution in [1.29, 1.82) is 0 Å². The Morgan fingerprint density at radius 1 is 1.40 bits per heavy atom. The quantitative estimate of drug-likeness (QED) is 0.696. The maximum Gasteiger partial charge on any atom is 0.178 e. The lowest BCUT2D eigenvalue weighted by molar-refractivity contribution is 0.101. The van der Waals surface area contributed by atoms with Gasteiger partial charge in [0, 0.05) is 13.1 Å². The zero-order valence-electron chi connectivity index (χ0n) is 8.64. The Bertz CT molecular complexity index is 502. The molecule has 0 N–H and O–H groups in total.